The molecule has 0 saturated carbocycles. The third kappa shape index (κ3) is 1.79. The van der Waals surface area contributed by atoms with Crippen LogP contribution in [0, 0.1) is 0 Å². The lowest BCUT2D eigenvalue weighted by Crippen LogP contribution is -2.10. The zero-order valence-corrected chi connectivity index (χ0v) is 8.69. The number of nitrogens with zero attached hydrogens (tertiary/aromatic N) is 1. The highest BCUT2D eigenvalue weighted by atomic mass is 16.5. The molecule has 5 nitrogen and oxygen atoms in total. The number of carbonyl (C=O) groups is 1. The number of fused-ring (bicyclic) bond motifs is 1. The van der Waals surface area contributed by atoms with Gasteiger partial charge in [0.05, 0.1) is 23.8 Å². The van der Waals surface area contributed by atoms with Crippen molar-refractivity contribution in [2.45, 2.75) is 6.92 Å². The molecule has 0 fully saturated rings. The Morgan fingerprint density at radius 1 is 1.50 bits per heavy atom. The minimum atomic E-state index is -0.430. The van der Waals surface area contributed by atoms with Gasteiger partial charge in [-0.1, -0.05) is 6.07 Å². The molecule has 0 aliphatic heterocycles. The Labute approximate surface area is 91.1 Å². The van der Waals surface area contributed by atoms with E-state index < -0.39 is 5.97 Å². The van der Waals surface area contributed by atoms with Crippen LogP contribution in [0.25, 0.3) is 10.8 Å². The van der Waals surface area contributed by atoms with Gasteiger partial charge in [0, 0.05) is 5.39 Å². The number of carbonyl (C=O) groups excluding carboxylic acids is 1. The molecule has 0 atom stereocenters. The second-order valence-corrected chi connectivity index (χ2v) is 3.22. The smallest absolute Gasteiger partial charge is 0.338 e. The summed E-state index contributed by atoms with van der Waals surface area (Å²) < 4.78 is 4.85. The van der Waals surface area contributed by atoms with Crippen LogP contribution in [-0.2, 0) is 4.74 Å². The lowest BCUT2D eigenvalue weighted by molar-refractivity contribution is 0.0526. The van der Waals surface area contributed by atoms with Crippen LogP contribution in [0.4, 0.5) is 0 Å². The molecule has 82 valence electrons. The van der Waals surface area contributed by atoms with E-state index in [0.29, 0.717) is 22.9 Å². The van der Waals surface area contributed by atoms with E-state index in [-0.39, 0.29) is 5.56 Å². The fourth-order valence-corrected chi connectivity index (χ4v) is 1.43. The van der Waals surface area contributed by atoms with Gasteiger partial charge in [-0.2, -0.15) is 5.10 Å². The molecule has 2 rings (SSSR count). The van der Waals surface area contributed by atoms with Crippen LogP contribution in [-0.4, -0.2) is 22.8 Å². The van der Waals surface area contributed by atoms with Gasteiger partial charge in [-0.05, 0) is 19.1 Å². The average molecular weight is 218 g/mol. The van der Waals surface area contributed by atoms with Crippen LogP contribution in [0.5, 0.6) is 0 Å². The number of H-pyrrole nitrogens is 1. The first-order valence-electron chi connectivity index (χ1n) is 4.87. The number of hydrogen-bond acceptors (Lipinski definition) is 4. The molecule has 1 N–H and O–H groups in total. The number of ether oxygens (including phenoxy) is 1. The normalized spacial score (nSPS) is 10.3. The van der Waals surface area contributed by atoms with E-state index in [4.69, 9.17) is 4.74 Å². The maximum atomic E-state index is 11.4. The van der Waals surface area contributed by atoms with E-state index in [1.807, 2.05) is 0 Å². The first-order chi connectivity index (χ1) is 7.72. The van der Waals surface area contributed by atoms with Gasteiger partial charge in [0.1, 0.15) is 0 Å². The topological polar surface area (TPSA) is 72.0 Å². The maximum absolute atomic E-state index is 11.4. The van der Waals surface area contributed by atoms with Crippen molar-refractivity contribution in [3.8, 4) is 0 Å². The van der Waals surface area contributed by atoms with E-state index in [1.54, 1.807) is 19.1 Å². The number of rotatable bonds is 2. The van der Waals surface area contributed by atoms with Crippen molar-refractivity contribution >= 4 is 16.7 Å². The molecule has 0 aliphatic carbocycles. The van der Waals surface area contributed by atoms with Crippen molar-refractivity contribution in [2.24, 2.45) is 0 Å². The molecule has 0 aliphatic rings. The van der Waals surface area contributed by atoms with Gasteiger partial charge in [0.2, 0.25) is 0 Å². The van der Waals surface area contributed by atoms with Crippen molar-refractivity contribution in [3.05, 3.63) is 40.3 Å². The van der Waals surface area contributed by atoms with Crippen LogP contribution in [0.3, 0.4) is 0 Å². The SMILES string of the molecule is CCOC(=O)c1ccc2cn[nH]c(=O)c2c1. The van der Waals surface area contributed by atoms with Crippen LogP contribution < -0.4 is 5.56 Å². The zero-order chi connectivity index (χ0) is 11.5. The standard InChI is InChI=1S/C11H10N2O3/c1-2-16-11(15)7-3-4-8-6-12-13-10(14)9(8)5-7/h3-6H,2H2,1H3,(H,13,14). The molecule has 0 saturated heterocycles. The summed E-state index contributed by atoms with van der Waals surface area (Å²) in [4.78, 5) is 22.9. The van der Waals surface area contributed by atoms with Gasteiger partial charge in [-0.15, -0.1) is 0 Å². The highest BCUT2D eigenvalue weighted by molar-refractivity contribution is 5.94. The number of aromatic amines is 1. The third-order valence-electron chi connectivity index (χ3n) is 2.18. The van der Waals surface area contributed by atoms with E-state index >= 15 is 0 Å². The fourth-order valence-electron chi connectivity index (χ4n) is 1.43. The highest BCUT2D eigenvalue weighted by Gasteiger charge is 2.08. The maximum Gasteiger partial charge on any atom is 0.338 e. The Bertz CT molecular complexity index is 589. The number of nitrogens with one attached hydrogen (secondary N) is 1. The molecular formula is C11H10N2O3. The molecule has 16 heavy (non-hydrogen) atoms. The molecule has 1 aromatic carbocycles. The summed E-state index contributed by atoms with van der Waals surface area (Å²) in [6, 6.07) is 4.79. The molecule has 1 aromatic heterocycles. The summed E-state index contributed by atoms with van der Waals surface area (Å²) in [6.07, 6.45) is 1.53. The summed E-state index contributed by atoms with van der Waals surface area (Å²) in [5, 5.41) is 7.11. The molecule has 0 unspecified atom stereocenters. The Morgan fingerprint density at radius 2 is 2.31 bits per heavy atom. The van der Waals surface area contributed by atoms with Crippen molar-refractivity contribution in [3.63, 3.8) is 0 Å². The molecule has 1 heterocycles. The van der Waals surface area contributed by atoms with Gasteiger partial charge < -0.3 is 4.74 Å². The van der Waals surface area contributed by atoms with Crippen molar-refractivity contribution in [1.82, 2.24) is 10.2 Å². The van der Waals surface area contributed by atoms with E-state index in [2.05, 4.69) is 10.2 Å². The minimum Gasteiger partial charge on any atom is -0.462 e. The number of hydrogen-bond donors (Lipinski definition) is 1. The lowest BCUT2D eigenvalue weighted by atomic mass is 10.1. The lowest BCUT2D eigenvalue weighted by Gasteiger charge is -2.02. The summed E-state index contributed by atoms with van der Waals surface area (Å²) in [5.74, 6) is -0.430. The van der Waals surface area contributed by atoms with Gasteiger partial charge in [-0.25, -0.2) is 9.89 Å². The second-order valence-electron chi connectivity index (χ2n) is 3.22. The minimum absolute atomic E-state index is 0.309. The molecular weight excluding hydrogens is 208 g/mol. The Kier molecular flexibility index (Phi) is 2.68. The average Bonchev–Trinajstić information content (AvgIpc) is 2.29. The summed E-state index contributed by atoms with van der Waals surface area (Å²) in [6.45, 7) is 2.04. The van der Waals surface area contributed by atoms with E-state index in [9.17, 15) is 9.59 Å². The monoisotopic (exact) mass is 218 g/mol. The van der Waals surface area contributed by atoms with Crippen molar-refractivity contribution in [1.29, 1.82) is 0 Å². The molecule has 0 spiro atoms. The van der Waals surface area contributed by atoms with Crippen LogP contribution in [0.2, 0.25) is 0 Å². The van der Waals surface area contributed by atoms with Gasteiger partial charge in [-0.3, -0.25) is 4.79 Å². The predicted molar refractivity (Wildman–Crippen MR) is 58.3 cm³/mol. The van der Waals surface area contributed by atoms with Gasteiger partial charge >= 0.3 is 5.97 Å². The van der Waals surface area contributed by atoms with E-state index in [0.717, 1.165) is 0 Å². The first-order valence-corrected chi connectivity index (χ1v) is 4.87. The largest absolute Gasteiger partial charge is 0.462 e. The Morgan fingerprint density at radius 3 is 3.06 bits per heavy atom. The molecule has 0 bridgehead atoms. The van der Waals surface area contributed by atoms with Crippen molar-refractivity contribution < 1.29 is 9.53 Å². The Hall–Kier alpha value is -2.17. The molecule has 0 amide bonds. The quantitative estimate of drug-likeness (QED) is 0.766. The molecule has 0 radical (unpaired) electrons. The second kappa shape index (κ2) is 4.14. The van der Waals surface area contributed by atoms with Gasteiger partial charge in [0.25, 0.3) is 5.56 Å². The first kappa shape index (κ1) is 10.4. The summed E-state index contributed by atoms with van der Waals surface area (Å²) in [7, 11) is 0. The van der Waals surface area contributed by atoms with E-state index in [1.165, 1.54) is 12.3 Å². The Balaban J connectivity index is 2.55. The van der Waals surface area contributed by atoms with Crippen LogP contribution in [0.1, 0.15) is 17.3 Å². The number of esters is 1. The number of benzene rings is 1. The summed E-state index contributed by atoms with van der Waals surface area (Å²) in [5.41, 5.74) is 0.0506. The third-order valence-corrected chi connectivity index (χ3v) is 2.18. The zero-order valence-electron chi connectivity index (χ0n) is 8.69. The van der Waals surface area contributed by atoms with Crippen molar-refractivity contribution in [2.75, 3.05) is 6.61 Å². The number of aromatic nitrogens is 2. The molecule has 5 heteroatoms. The predicted octanol–water partition coefficient (Wildman–Crippen LogP) is 1.10. The highest BCUT2D eigenvalue weighted by Crippen LogP contribution is 2.11. The molecule has 2 aromatic rings. The summed E-state index contributed by atoms with van der Waals surface area (Å²) >= 11 is 0. The fraction of sp³-hybridized carbons (Fsp3) is 0.182. The van der Waals surface area contributed by atoms with Gasteiger partial charge in [0.15, 0.2) is 0 Å². The van der Waals surface area contributed by atoms with Crippen LogP contribution in [0.15, 0.2) is 29.2 Å². The van der Waals surface area contributed by atoms with Crippen LogP contribution >= 0.6 is 0 Å².